The fourth-order valence-electron chi connectivity index (χ4n) is 1.26. The molecule has 5 heteroatoms. The van der Waals surface area contributed by atoms with Crippen molar-refractivity contribution in [1.82, 2.24) is 0 Å². The monoisotopic (exact) mass is 286 g/mol. The number of hydrogen-bond donors (Lipinski definition) is 2. The second-order valence-electron chi connectivity index (χ2n) is 3.38. The molecule has 4 nitrogen and oxygen atoms in total. The number of benzene rings is 1. The summed E-state index contributed by atoms with van der Waals surface area (Å²) in [5.41, 5.74) is 0.890. The summed E-state index contributed by atoms with van der Waals surface area (Å²) >= 11 is 3.19. The van der Waals surface area contributed by atoms with E-state index in [1.807, 2.05) is 0 Å². The molecule has 0 aliphatic rings. The van der Waals surface area contributed by atoms with Gasteiger partial charge in [-0.3, -0.25) is 4.79 Å². The highest BCUT2D eigenvalue weighted by Crippen LogP contribution is 2.26. The van der Waals surface area contributed by atoms with Gasteiger partial charge in [-0.25, -0.2) is 4.79 Å². The van der Waals surface area contributed by atoms with Gasteiger partial charge in [0.15, 0.2) is 6.10 Å². The van der Waals surface area contributed by atoms with Crippen LogP contribution < -0.4 is 0 Å². The van der Waals surface area contributed by atoms with Crippen molar-refractivity contribution in [2.45, 2.75) is 17.9 Å². The fraction of sp³-hybridized carbons (Fsp3) is 0.273. The Morgan fingerprint density at radius 3 is 2.38 bits per heavy atom. The second kappa shape index (κ2) is 5.23. The summed E-state index contributed by atoms with van der Waals surface area (Å²) in [4.78, 5) is 21.2. The van der Waals surface area contributed by atoms with Crippen molar-refractivity contribution in [1.29, 1.82) is 0 Å². The summed E-state index contributed by atoms with van der Waals surface area (Å²) in [5, 5.41) is 18.0. The lowest BCUT2D eigenvalue weighted by atomic mass is 10.0. The summed E-state index contributed by atoms with van der Waals surface area (Å²) < 4.78 is 0. The number of rotatable bonds is 4. The predicted molar refractivity (Wildman–Crippen MR) is 61.4 cm³/mol. The fourth-order valence-corrected chi connectivity index (χ4v) is 1.55. The molecule has 0 bridgehead atoms. The van der Waals surface area contributed by atoms with Gasteiger partial charge in [-0.2, -0.15) is 0 Å². The number of carboxylic acids is 1. The molecule has 2 N–H and O–H groups in total. The molecule has 0 amide bonds. The van der Waals surface area contributed by atoms with Crippen LogP contribution in [0.1, 0.15) is 29.0 Å². The normalized spacial score (nSPS) is 14.2. The van der Waals surface area contributed by atoms with E-state index >= 15 is 0 Å². The Morgan fingerprint density at radius 1 is 1.31 bits per heavy atom. The van der Waals surface area contributed by atoms with E-state index in [1.165, 1.54) is 19.1 Å². The smallest absolute Gasteiger partial charge is 0.337 e. The maximum atomic E-state index is 11.1. The third-order valence-electron chi connectivity index (χ3n) is 2.11. The van der Waals surface area contributed by atoms with Crippen LogP contribution in [0.5, 0.6) is 0 Å². The lowest BCUT2D eigenvalue weighted by Crippen LogP contribution is -2.11. The molecule has 2 atom stereocenters. The molecule has 0 aliphatic heterocycles. The first-order valence-corrected chi connectivity index (χ1v) is 5.50. The van der Waals surface area contributed by atoms with Crippen LogP contribution in [0.2, 0.25) is 0 Å². The van der Waals surface area contributed by atoms with Crippen molar-refractivity contribution in [2.24, 2.45) is 0 Å². The standard InChI is InChI=1S/C11H11BrO4/c1-6(13)9(12)7-3-2-4-8(5-7)10(14)11(15)16/h2-5,9-10,14H,1H3,(H,15,16). The van der Waals surface area contributed by atoms with Gasteiger partial charge in [-0.05, 0) is 18.1 Å². The summed E-state index contributed by atoms with van der Waals surface area (Å²) in [7, 11) is 0. The van der Waals surface area contributed by atoms with Gasteiger partial charge in [0.1, 0.15) is 5.78 Å². The second-order valence-corrected chi connectivity index (χ2v) is 4.30. The van der Waals surface area contributed by atoms with E-state index in [2.05, 4.69) is 15.9 Å². The summed E-state index contributed by atoms with van der Waals surface area (Å²) in [6.45, 7) is 1.43. The van der Waals surface area contributed by atoms with Gasteiger partial charge < -0.3 is 10.2 Å². The zero-order valence-electron chi connectivity index (χ0n) is 8.55. The molecule has 86 valence electrons. The zero-order valence-corrected chi connectivity index (χ0v) is 10.1. The van der Waals surface area contributed by atoms with Gasteiger partial charge in [0.2, 0.25) is 0 Å². The van der Waals surface area contributed by atoms with Crippen molar-refractivity contribution in [3.63, 3.8) is 0 Å². The van der Waals surface area contributed by atoms with Crippen LogP contribution in [0, 0.1) is 0 Å². The molecule has 0 saturated carbocycles. The van der Waals surface area contributed by atoms with Gasteiger partial charge in [0.05, 0.1) is 4.83 Å². The topological polar surface area (TPSA) is 74.6 Å². The Labute approximate surface area is 101 Å². The van der Waals surface area contributed by atoms with Crippen LogP contribution in [-0.2, 0) is 9.59 Å². The minimum Gasteiger partial charge on any atom is -0.479 e. The molecule has 0 aliphatic carbocycles. The molecule has 0 fully saturated rings. The number of aliphatic carboxylic acids is 1. The Bertz CT molecular complexity index is 381. The van der Waals surface area contributed by atoms with Crippen molar-refractivity contribution in [3.8, 4) is 0 Å². The molecule has 16 heavy (non-hydrogen) atoms. The molecule has 0 radical (unpaired) electrons. The predicted octanol–water partition coefficient (Wildman–Crippen LogP) is 1.83. The highest BCUT2D eigenvalue weighted by Gasteiger charge is 2.18. The van der Waals surface area contributed by atoms with Crippen LogP contribution in [0.3, 0.4) is 0 Å². The number of alkyl halides is 1. The minimum absolute atomic E-state index is 0.0815. The highest BCUT2D eigenvalue weighted by atomic mass is 79.9. The average Bonchev–Trinajstić information content (AvgIpc) is 2.26. The molecule has 2 unspecified atom stereocenters. The average molecular weight is 287 g/mol. The Hall–Kier alpha value is -1.20. The van der Waals surface area contributed by atoms with E-state index in [1.54, 1.807) is 12.1 Å². The van der Waals surface area contributed by atoms with E-state index in [4.69, 9.17) is 5.11 Å². The number of ketones is 1. The lowest BCUT2D eigenvalue weighted by Gasteiger charge is -2.10. The number of carboxylic acid groups (broad SMARTS) is 1. The molecule has 0 spiro atoms. The number of halogens is 1. The van der Waals surface area contributed by atoms with Crippen LogP contribution in [0.4, 0.5) is 0 Å². The van der Waals surface area contributed by atoms with E-state index in [0.717, 1.165) is 0 Å². The molecule has 0 saturated heterocycles. The third-order valence-corrected chi connectivity index (χ3v) is 3.28. The first-order valence-electron chi connectivity index (χ1n) is 4.58. The summed E-state index contributed by atoms with van der Waals surface area (Å²) in [6.07, 6.45) is -1.56. The van der Waals surface area contributed by atoms with Gasteiger partial charge in [-0.15, -0.1) is 0 Å². The maximum Gasteiger partial charge on any atom is 0.337 e. The Kier molecular flexibility index (Phi) is 4.20. The Balaban J connectivity index is 3.04. The highest BCUT2D eigenvalue weighted by molar-refractivity contribution is 9.09. The number of carbonyl (C=O) groups is 2. The van der Waals surface area contributed by atoms with Gasteiger partial charge in [0, 0.05) is 0 Å². The van der Waals surface area contributed by atoms with Crippen LogP contribution in [0.25, 0.3) is 0 Å². The number of Topliss-reactive ketones (excluding diaryl/α,β-unsaturated/α-hetero) is 1. The lowest BCUT2D eigenvalue weighted by molar-refractivity contribution is -0.146. The SMILES string of the molecule is CC(=O)C(Br)c1cccc(C(O)C(=O)O)c1. The van der Waals surface area contributed by atoms with Gasteiger partial charge >= 0.3 is 5.97 Å². The van der Waals surface area contributed by atoms with E-state index < -0.39 is 16.9 Å². The first kappa shape index (κ1) is 12.9. The largest absolute Gasteiger partial charge is 0.479 e. The van der Waals surface area contributed by atoms with Crippen molar-refractivity contribution < 1.29 is 19.8 Å². The van der Waals surface area contributed by atoms with Crippen LogP contribution in [0.15, 0.2) is 24.3 Å². The molecule has 1 rings (SSSR count). The summed E-state index contributed by atoms with van der Waals surface area (Å²) in [6, 6.07) is 6.30. The van der Waals surface area contributed by atoms with Gasteiger partial charge in [0.25, 0.3) is 0 Å². The van der Waals surface area contributed by atoms with E-state index in [9.17, 15) is 14.7 Å². The maximum absolute atomic E-state index is 11.1. The van der Waals surface area contributed by atoms with Crippen molar-refractivity contribution in [2.75, 3.05) is 0 Å². The first-order chi connectivity index (χ1) is 7.43. The molecule has 1 aromatic rings. The molecular formula is C11H11BrO4. The third kappa shape index (κ3) is 2.90. The van der Waals surface area contributed by atoms with Crippen molar-refractivity contribution in [3.05, 3.63) is 35.4 Å². The molecular weight excluding hydrogens is 276 g/mol. The van der Waals surface area contributed by atoms with Gasteiger partial charge in [-0.1, -0.05) is 40.2 Å². The number of aliphatic hydroxyl groups excluding tert-OH is 1. The number of hydrogen-bond acceptors (Lipinski definition) is 3. The van der Waals surface area contributed by atoms with Crippen LogP contribution in [-0.4, -0.2) is 22.0 Å². The van der Waals surface area contributed by atoms with E-state index in [-0.39, 0.29) is 11.3 Å². The number of carbonyl (C=O) groups excluding carboxylic acids is 1. The minimum atomic E-state index is -1.56. The Morgan fingerprint density at radius 2 is 1.88 bits per heavy atom. The van der Waals surface area contributed by atoms with Crippen LogP contribution >= 0.6 is 15.9 Å². The quantitative estimate of drug-likeness (QED) is 0.828. The van der Waals surface area contributed by atoms with Crippen molar-refractivity contribution >= 4 is 27.7 Å². The molecule has 0 heterocycles. The molecule has 1 aromatic carbocycles. The zero-order chi connectivity index (χ0) is 12.3. The molecule has 0 aromatic heterocycles. The number of aliphatic hydroxyl groups is 1. The summed E-state index contributed by atoms with van der Waals surface area (Å²) in [5.74, 6) is -1.40. The van der Waals surface area contributed by atoms with E-state index in [0.29, 0.717) is 5.56 Å².